The molecule has 0 aliphatic carbocycles. The molecular weight excluding hydrogens is 300 g/mol. The van der Waals surface area contributed by atoms with Crippen LogP contribution in [0.25, 0.3) is 5.82 Å². The molecule has 1 N–H and O–H groups in total. The van der Waals surface area contributed by atoms with E-state index in [0.717, 1.165) is 16.9 Å². The van der Waals surface area contributed by atoms with Gasteiger partial charge in [0.1, 0.15) is 0 Å². The molecule has 0 saturated heterocycles. The van der Waals surface area contributed by atoms with Crippen molar-refractivity contribution in [1.82, 2.24) is 14.8 Å². The monoisotopic (exact) mass is 320 g/mol. The van der Waals surface area contributed by atoms with Crippen LogP contribution >= 0.6 is 0 Å². The summed E-state index contributed by atoms with van der Waals surface area (Å²) in [6.07, 6.45) is 4.00. The second-order valence-electron chi connectivity index (χ2n) is 5.73. The third-order valence-corrected chi connectivity index (χ3v) is 3.94. The SMILES string of the molecule is CCc1c(C(=O)Nc2ccc(C)cc2C)cnn1-c1ccccn1. The number of anilines is 1. The molecule has 0 aliphatic rings. The van der Waals surface area contributed by atoms with Gasteiger partial charge in [0.2, 0.25) is 0 Å². The minimum absolute atomic E-state index is 0.152. The van der Waals surface area contributed by atoms with E-state index in [1.54, 1.807) is 17.1 Å². The van der Waals surface area contributed by atoms with Crippen LogP contribution in [0, 0.1) is 13.8 Å². The summed E-state index contributed by atoms with van der Waals surface area (Å²) >= 11 is 0. The zero-order chi connectivity index (χ0) is 17.1. The lowest BCUT2D eigenvalue weighted by Crippen LogP contribution is -2.15. The first kappa shape index (κ1) is 15.9. The Balaban J connectivity index is 1.92. The first-order valence-corrected chi connectivity index (χ1v) is 7.97. The van der Waals surface area contributed by atoms with Crippen molar-refractivity contribution in [3.8, 4) is 5.82 Å². The molecule has 2 heterocycles. The van der Waals surface area contributed by atoms with E-state index in [9.17, 15) is 4.79 Å². The lowest BCUT2D eigenvalue weighted by molar-refractivity contribution is 0.102. The summed E-state index contributed by atoms with van der Waals surface area (Å²) in [7, 11) is 0. The molecule has 3 aromatic rings. The first-order chi connectivity index (χ1) is 11.6. The topological polar surface area (TPSA) is 59.8 Å². The van der Waals surface area contributed by atoms with Crippen LogP contribution in [0.2, 0.25) is 0 Å². The normalized spacial score (nSPS) is 10.6. The molecule has 0 spiro atoms. The van der Waals surface area contributed by atoms with Crippen LogP contribution in [-0.4, -0.2) is 20.7 Å². The Morgan fingerprint density at radius 3 is 2.71 bits per heavy atom. The summed E-state index contributed by atoms with van der Waals surface area (Å²) in [5.74, 6) is 0.556. The Hall–Kier alpha value is -2.95. The van der Waals surface area contributed by atoms with E-state index in [1.165, 1.54) is 5.56 Å². The van der Waals surface area contributed by atoms with Gasteiger partial charge in [0, 0.05) is 11.9 Å². The van der Waals surface area contributed by atoms with Crippen molar-refractivity contribution in [1.29, 1.82) is 0 Å². The van der Waals surface area contributed by atoms with Gasteiger partial charge in [-0.15, -0.1) is 0 Å². The average Bonchev–Trinajstić information content (AvgIpc) is 3.02. The Morgan fingerprint density at radius 1 is 1.21 bits per heavy atom. The second-order valence-corrected chi connectivity index (χ2v) is 5.73. The first-order valence-electron chi connectivity index (χ1n) is 7.97. The number of nitrogens with zero attached hydrogens (tertiary/aromatic N) is 3. The van der Waals surface area contributed by atoms with Gasteiger partial charge in [-0.25, -0.2) is 9.67 Å². The summed E-state index contributed by atoms with van der Waals surface area (Å²) in [6.45, 7) is 6.02. The Labute approximate surface area is 141 Å². The van der Waals surface area contributed by atoms with Crippen molar-refractivity contribution < 1.29 is 4.79 Å². The standard InChI is InChI=1S/C19H20N4O/c1-4-17-15(12-21-23(17)18-7-5-6-10-20-18)19(24)22-16-9-8-13(2)11-14(16)3/h5-12H,4H2,1-3H3,(H,22,24). The molecule has 0 bridgehead atoms. The number of rotatable bonds is 4. The van der Waals surface area contributed by atoms with Gasteiger partial charge in [-0.05, 0) is 44.0 Å². The lowest BCUT2D eigenvalue weighted by atomic mass is 10.1. The Morgan fingerprint density at radius 2 is 2.04 bits per heavy atom. The molecule has 0 aliphatic heterocycles. The van der Waals surface area contributed by atoms with Crippen molar-refractivity contribution in [3.05, 3.63) is 71.2 Å². The van der Waals surface area contributed by atoms with E-state index in [1.807, 2.05) is 57.2 Å². The summed E-state index contributed by atoms with van der Waals surface area (Å²) in [4.78, 5) is 17.0. The van der Waals surface area contributed by atoms with Crippen LogP contribution in [0.3, 0.4) is 0 Å². The number of carbonyl (C=O) groups excluding carboxylic acids is 1. The fourth-order valence-electron chi connectivity index (χ4n) is 2.72. The number of benzene rings is 1. The van der Waals surface area contributed by atoms with Crippen molar-refractivity contribution in [3.63, 3.8) is 0 Å². The van der Waals surface area contributed by atoms with Crippen LogP contribution in [0.4, 0.5) is 5.69 Å². The Bertz CT molecular complexity index is 868. The molecule has 0 unspecified atom stereocenters. The fraction of sp³-hybridized carbons (Fsp3) is 0.211. The summed E-state index contributed by atoms with van der Waals surface area (Å²) in [5.41, 5.74) is 4.44. The number of amides is 1. The van der Waals surface area contributed by atoms with Gasteiger partial charge in [0.05, 0.1) is 17.5 Å². The van der Waals surface area contributed by atoms with Gasteiger partial charge in [-0.1, -0.05) is 30.7 Å². The molecule has 5 heteroatoms. The van der Waals surface area contributed by atoms with E-state index in [-0.39, 0.29) is 5.91 Å². The fourth-order valence-corrected chi connectivity index (χ4v) is 2.72. The second kappa shape index (κ2) is 6.66. The predicted molar refractivity (Wildman–Crippen MR) is 94.6 cm³/mol. The highest BCUT2D eigenvalue weighted by Crippen LogP contribution is 2.19. The molecule has 122 valence electrons. The van der Waals surface area contributed by atoms with Gasteiger partial charge in [0.15, 0.2) is 5.82 Å². The number of nitrogens with one attached hydrogen (secondary N) is 1. The highest BCUT2D eigenvalue weighted by Gasteiger charge is 2.18. The zero-order valence-corrected chi connectivity index (χ0v) is 14.1. The molecule has 3 rings (SSSR count). The smallest absolute Gasteiger partial charge is 0.259 e. The lowest BCUT2D eigenvalue weighted by Gasteiger charge is -2.10. The maximum atomic E-state index is 12.7. The van der Waals surface area contributed by atoms with Crippen molar-refractivity contribution in [2.45, 2.75) is 27.2 Å². The van der Waals surface area contributed by atoms with Crippen LogP contribution < -0.4 is 5.32 Å². The Kier molecular flexibility index (Phi) is 4.42. The molecule has 1 amide bonds. The van der Waals surface area contributed by atoms with Crippen molar-refractivity contribution >= 4 is 11.6 Å². The maximum absolute atomic E-state index is 12.7. The highest BCUT2D eigenvalue weighted by molar-refractivity contribution is 6.05. The highest BCUT2D eigenvalue weighted by atomic mass is 16.1. The number of aryl methyl sites for hydroxylation is 2. The number of aromatic nitrogens is 3. The molecular formula is C19H20N4O. The quantitative estimate of drug-likeness (QED) is 0.797. The van der Waals surface area contributed by atoms with Crippen molar-refractivity contribution in [2.24, 2.45) is 0 Å². The van der Waals surface area contributed by atoms with E-state index in [2.05, 4.69) is 15.4 Å². The molecule has 0 radical (unpaired) electrons. The van der Waals surface area contributed by atoms with Gasteiger partial charge in [-0.3, -0.25) is 4.79 Å². The van der Waals surface area contributed by atoms with Gasteiger partial charge >= 0.3 is 0 Å². The van der Waals surface area contributed by atoms with E-state index in [0.29, 0.717) is 17.8 Å². The third-order valence-electron chi connectivity index (χ3n) is 3.94. The van der Waals surface area contributed by atoms with Gasteiger partial charge in [0.25, 0.3) is 5.91 Å². The van der Waals surface area contributed by atoms with E-state index < -0.39 is 0 Å². The molecule has 1 aromatic carbocycles. The predicted octanol–water partition coefficient (Wildman–Crippen LogP) is 3.70. The van der Waals surface area contributed by atoms with Crippen LogP contribution in [-0.2, 0) is 6.42 Å². The molecule has 2 aromatic heterocycles. The maximum Gasteiger partial charge on any atom is 0.259 e. The van der Waals surface area contributed by atoms with E-state index >= 15 is 0 Å². The molecule has 0 saturated carbocycles. The van der Waals surface area contributed by atoms with Gasteiger partial charge < -0.3 is 5.32 Å². The number of hydrogen-bond acceptors (Lipinski definition) is 3. The number of pyridine rings is 1. The third kappa shape index (κ3) is 3.06. The van der Waals surface area contributed by atoms with Gasteiger partial charge in [-0.2, -0.15) is 5.10 Å². The summed E-state index contributed by atoms with van der Waals surface area (Å²) in [6, 6.07) is 11.6. The molecule has 0 atom stereocenters. The summed E-state index contributed by atoms with van der Waals surface area (Å²) in [5, 5.41) is 7.33. The van der Waals surface area contributed by atoms with Crippen LogP contribution in [0.5, 0.6) is 0 Å². The van der Waals surface area contributed by atoms with Crippen molar-refractivity contribution in [2.75, 3.05) is 5.32 Å². The minimum atomic E-state index is -0.152. The largest absolute Gasteiger partial charge is 0.322 e. The van der Waals surface area contributed by atoms with E-state index in [4.69, 9.17) is 0 Å². The molecule has 5 nitrogen and oxygen atoms in total. The molecule has 0 fully saturated rings. The minimum Gasteiger partial charge on any atom is -0.322 e. The molecule has 24 heavy (non-hydrogen) atoms. The summed E-state index contributed by atoms with van der Waals surface area (Å²) < 4.78 is 1.72. The average molecular weight is 320 g/mol. The van der Waals surface area contributed by atoms with Crippen LogP contribution in [0.1, 0.15) is 34.1 Å². The van der Waals surface area contributed by atoms with Crippen LogP contribution in [0.15, 0.2) is 48.8 Å². The number of carbonyl (C=O) groups is 1. The number of hydrogen-bond donors (Lipinski definition) is 1. The zero-order valence-electron chi connectivity index (χ0n) is 14.1.